The molecule has 0 radical (unpaired) electrons. The van der Waals surface area contributed by atoms with Gasteiger partial charge in [-0.05, 0) is 43.0 Å². The van der Waals surface area contributed by atoms with E-state index < -0.39 is 46.1 Å². The van der Waals surface area contributed by atoms with E-state index in [0.29, 0.717) is 44.3 Å². The number of hydrogen-bond acceptors (Lipinski definition) is 9. The van der Waals surface area contributed by atoms with E-state index in [1.807, 2.05) is 13.8 Å². The summed E-state index contributed by atoms with van der Waals surface area (Å²) in [6.45, 7) is 5.71. The predicted molar refractivity (Wildman–Crippen MR) is 162 cm³/mol. The van der Waals surface area contributed by atoms with Gasteiger partial charge in [-0.25, -0.2) is 13.1 Å². The molecule has 6 atom stereocenters. The van der Waals surface area contributed by atoms with Crippen molar-refractivity contribution in [3.05, 3.63) is 24.3 Å². The molecule has 1 aromatic carbocycles. The lowest BCUT2D eigenvalue weighted by atomic mass is 9.90. The number of hydrogen-bond donors (Lipinski definition) is 3. The Bertz CT molecular complexity index is 1240. The van der Waals surface area contributed by atoms with Crippen LogP contribution in [0.15, 0.2) is 29.2 Å². The molecule has 5 amide bonds. The van der Waals surface area contributed by atoms with E-state index in [9.17, 15) is 32.4 Å². The summed E-state index contributed by atoms with van der Waals surface area (Å²) in [6.07, 6.45) is 1.33. The number of rotatable bonds is 18. The molecule has 0 aromatic heterocycles. The highest BCUT2D eigenvalue weighted by Gasteiger charge is 2.42. The van der Waals surface area contributed by atoms with Crippen LogP contribution in [0.1, 0.15) is 46.5 Å². The molecule has 1 aliphatic heterocycles. The Morgan fingerprint density at radius 3 is 2.30 bits per heavy atom. The molecular formula is C29H45N5O9S. The lowest BCUT2D eigenvalue weighted by molar-refractivity contribution is -0.145. The first-order valence-electron chi connectivity index (χ1n) is 14.5. The van der Waals surface area contributed by atoms with Crippen LogP contribution < -0.4 is 15.4 Å². The summed E-state index contributed by atoms with van der Waals surface area (Å²) in [6, 6.07) is 4.37. The van der Waals surface area contributed by atoms with Crippen LogP contribution in [0.5, 0.6) is 0 Å². The zero-order valence-corrected chi connectivity index (χ0v) is 27.0. The van der Waals surface area contributed by atoms with E-state index in [-0.39, 0.29) is 35.6 Å². The third-order valence-corrected chi connectivity index (χ3v) is 9.63. The Balaban J connectivity index is 2.19. The van der Waals surface area contributed by atoms with E-state index in [0.717, 1.165) is 0 Å². The molecule has 2 rings (SSSR count). The van der Waals surface area contributed by atoms with E-state index in [4.69, 9.17) is 9.47 Å². The van der Waals surface area contributed by atoms with Crippen molar-refractivity contribution in [2.45, 2.75) is 75.6 Å². The summed E-state index contributed by atoms with van der Waals surface area (Å²) in [5.74, 6) is -2.32. The smallest absolute Gasteiger partial charge is 0.264 e. The summed E-state index contributed by atoms with van der Waals surface area (Å²) in [4.78, 5) is 63.9. The first-order chi connectivity index (χ1) is 20.9. The highest BCUT2D eigenvalue weighted by atomic mass is 32.2. The molecule has 6 unspecified atom stereocenters. The molecule has 14 nitrogen and oxygen atoms in total. The van der Waals surface area contributed by atoms with Gasteiger partial charge in [0.25, 0.3) is 10.0 Å². The van der Waals surface area contributed by atoms with Gasteiger partial charge < -0.3 is 29.9 Å². The Hall–Kier alpha value is -3.56. The molecule has 246 valence electrons. The number of carbonyl (C=O) groups is 5. The molecule has 1 heterocycles. The van der Waals surface area contributed by atoms with Crippen molar-refractivity contribution >= 4 is 46.3 Å². The number of nitrogens with zero attached hydrogens (tertiary/aromatic N) is 2. The summed E-state index contributed by atoms with van der Waals surface area (Å²) >= 11 is 0. The molecule has 1 saturated heterocycles. The van der Waals surface area contributed by atoms with Crippen molar-refractivity contribution in [3.63, 3.8) is 0 Å². The van der Waals surface area contributed by atoms with Crippen molar-refractivity contribution in [2.75, 3.05) is 39.7 Å². The van der Waals surface area contributed by atoms with Crippen molar-refractivity contribution in [1.82, 2.24) is 19.8 Å². The minimum absolute atomic E-state index is 0.0258. The predicted octanol–water partition coefficient (Wildman–Crippen LogP) is 0.726. The number of anilines is 1. The fourth-order valence-corrected chi connectivity index (χ4v) is 6.72. The molecule has 1 aliphatic rings. The van der Waals surface area contributed by atoms with E-state index in [1.165, 1.54) is 43.4 Å². The summed E-state index contributed by atoms with van der Waals surface area (Å²) in [7, 11) is 0.292. The van der Waals surface area contributed by atoms with Crippen molar-refractivity contribution in [1.29, 1.82) is 0 Å². The largest absolute Gasteiger partial charge is 0.379 e. The lowest BCUT2D eigenvalue weighted by Gasteiger charge is -2.39. The van der Waals surface area contributed by atoms with E-state index >= 15 is 0 Å². The number of nitrogens with one attached hydrogen (secondary N) is 3. The SMILES string of the molecule is CCC(C)C(C(CC(=O)N1CCCC1C(OC)C(C)C(=O)NS(=O)(=O)c1ccc(NC=O)cc1)OC)N(C)C(=O)CNC=O. The van der Waals surface area contributed by atoms with Crippen LogP contribution >= 0.6 is 0 Å². The van der Waals surface area contributed by atoms with Gasteiger partial charge in [0.2, 0.25) is 30.5 Å². The fraction of sp³-hybridized carbons (Fsp3) is 0.621. The molecule has 44 heavy (non-hydrogen) atoms. The Morgan fingerprint density at radius 1 is 1.09 bits per heavy atom. The van der Waals surface area contributed by atoms with Gasteiger partial charge >= 0.3 is 0 Å². The van der Waals surface area contributed by atoms with Gasteiger partial charge in [-0.2, -0.15) is 0 Å². The maximum Gasteiger partial charge on any atom is 0.264 e. The molecule has 0 aliphatic carbocycles. The molecule has 1 aromatic rings. The van der Waals surface area contributed by atoms with Crippen LogP contribution in [0.4, 0.5) is 5.69 Å². The first-order valence-corrected chi connectivity index (χ1v) is 16.0. The molecular weight excluding hydrogens is 594 g/mol. The number of likely N-dealkylation sites (N-methyl/N-ethyl adjacent to an activating group) is 1. The number of methoxy groups -OCH3 is 2. The van der Waals surface area contributed by atoms with Crippen LogP contribution in [0.25, 0.3) is 0 Å². The van der Waals surface area contributed by atoms with Gasteiger partial charge in [-0.15, -0.1) is 0 Å². The number of likely N-dealkylation sites (tertiary alicyclic amines) is 1. The highest BCUT2D eigenvalue weighted by molar-refractivity contribution is 7.90. The second kappa shape index (κ2) is 17.1. The highest BCUT2D eigenvalue weighted by Crippen LogP contribution is 2.29. The topological polar surface area (TPSA) is 181 Å². The first kappa shape index (κ1) is 36.6. The van der Waals surface area contributed by atoms with Crippen LogP contribution in [-0.4, -0.2) is 107 Å². The summed E-state index contributed by atoms with van der Waals surface area (Å²) in [5.41, 5.74) is 0.392. The lowest BCUT2D eigenvalue weighted by Crippen LogP contribution is -2.54. The molecule has 0 bridgehead atoms. The number of sulfonamides is 1. The summed E-state index contributed by atoms with van der Waals surface area (Å²) in [5, 5.41) is 4.78. The summed E-state index contributed by atoms with van der Waals surface area (Å²) < 4.78 is 39.3. The number of amides is 5. The van der Waals surface area contributed by atoms with Crippen molar-refractivity contribution in [3.8, 4) is 0 Å². The molecule has 1 fully saturated rings. The van der Waals surface area contributed by atoms with Gasteiger partial charge in [-0.1, -0.05) is 27.2 Å². The minimum Gasteiger partial charge on any atom is -0.379 e. The maximum atomic E-state index is 13.7. The van der Waals surface area contributed by atoms with E-state index in [2.05, 4.69) is 15.4 Å². The van der Waals surface area contributed by atoms with Crippen LogP contribution in [0.3, 0.4) is 0 Å². The Morgan fingerprint density at radius 2 is 1.75 bits per heavy atom. The van der Waals surface area contributed by atoms with Crippen molar-refractivity contribution in [2.24, 2.45) is 11.8 Å². The van der Waals surface area contributed by atoms with Crippen LogP contribution in [0, 0.1) is 11.8 Å². The molecule has 0 spiro atoms. The fourth-order valence-electron chi connectivity index (χ4n) is 5.66. The minimum atomic E-state index is -4.22. The normalized spacial score (nSPS) is 18.3. The third-order valence-electron chi connectivity index (χ3n) is 8.27. The van der Waals surface area contributed by atoms with Gasteiger partial charge in [0.1, 0.15) is 0 Å². The Kier molecular flexibility index (Phi) is 14.2. The van der Waals surface area contributed by atoms with Gasteiger partial charge in [0, 0.05) is 33.5 Å². The molecule has 3 N–H and O–H groups in total. The standard InChI is InChI=1S/C29H45N5O9S/c1-7-19(2)27(33(4)26(38)16-30-17-35)24(42-5)15-25(37)34-14-8-9-23(34)28(43-6)20(3)29(39)32-44(40,41)22-12-10-21(11-13-22)31-18-36/h10-13,17-20,23-24,27-28H,7-9,14-16H2,1-6H3,(H,30,35)(H,31,36)(H,32,39). The average Bonchev–Trinajstić information content (AvgIpc) is 3.49. The second-order valence-electron chi connectivity index (χ2n) is 10.9. The van der Waals surface area contributed by atoms with Crippen LogP contribution in [0.2, 0.25) is 0 Å². The zero-order chi connectivity index (χ0) is 33.0. The molecule has 0 saturated carbocycles. The van der Waals surface area contributed by atoms with Crippen LogP contribution in [-0.2, 0) is 43.5 Å². The van der Waals surface area contributed by atoms with Crippen molar-refractivity contribution < 1.29 is 41.9 Å². The number of benzene rings is 1. The zero-order valence-electron chi connectivity index (χ0n) is 26.1. The average molecular weight is 640 g/mol. The second-order valence-corrected chi connectivity index (χ2v) is 12.6. The van der Waals surface area contributed by atoms with Gasteiger partial charge in [0.05, 0.1) is 48.1 Å². The molecule has 15 heteroatoms. The number of carbonyl (C=O) groups excluding carboxylic acids is 5. The quantitative estimate of drug-likeness (QED) is 0.195. The van der Waals surface area contributed by atoms with Gasteiger partial charge in [-0.3, -0.25) is 24.0 Å². The third kappa shape index (κ3) is 9.22. The maximum absolute atomic E-state index is 13.7. The number of ether oxygens (including phenoxy) is 2. The van der Waals surface area contributed by atoms with Gasteiger partial charge in [0.15, 0.2) is 0 Å². The monoisotopic (exact) mass is 639 g/mol. The Labute approximate surface area is 259 Å². The van der Waals surface area contributed by atoms with E-state index in [1.54, 1.807) is 18.9 Å².